The van der Waals surface area contributed by atoms with Gasteiger partial charge in [-0.15, -0.1) is 0 Å². The molecule has 0 saturated heterocycles. The lowest BCUT2D eigenvalue weighted by molar-refractivity contribution is 0.0697. The fourth-order valence-corrected chi connectivity index (χ4v) is 3.36. The van der Waals surface area contributed by atoms with Crippen LogP contribution in [0, 0.1) is 0 Å². The Kier molecular flexibility index (Phi) is 5.74. The third-order valence-corrected chi connectivity index (χ3v) is 4.90. The Bertz CT molecular complexity index is 822. The van der Waals surface area contributed by atoms with Crippen molar-refractivity contribution in [2.75, 3.05) is 19.6 Å². The summed E-state index contributed by atoms with van der Waals surface area (Å²) in [6, 6.07) is 13.3. The van der Waals surface area contributed by atoms with E-state index >= 15 is 0 Å². The first-order valence-corrected chi connectivity index (χ1v) is 9.15. The van der Waals surface area contributed by atoms with Gasteiger partial charge in [0.05, 0.1) is 5.56 Å². The second-order valence-electron chi connectivity index (χ2n) is 6.40. The van der Waals surface area contributed by atoms with Gasteiger partial charge in [0.15, 0.2) is 0 Å². The third kappa shape index (κ3) is 3.81. The molecule has 4 heteroatoms. The molecule has 136 valence electrons. The molecule has 1 aliphatic rings. The first-order chi connectivity index (χ1) is 12.6. The molecule has 0 spiro atoms. The minimum atomic E-state index is -0.923. The molecular formula is C22H25NO3. The summed E-state index contributed by atoms with van der Waals surface area (Å²) in [7, 11) is 0. The van der Waals surface area contributed by atoms with Crippen molar-refractivity contribution >= 4 is 11.5 Å². The van der Waals surface area contributed by atoms with Gasteiger partial charge in [-0.05, 0) is 54.4 Å². The molecule has 0 atom stereocenters. The summed E-state index contributed by atoms with van der Waals surface area (Å²) in [5.41, 5.74) is 4.43. The monoisotopic (exact) mass is 351 g/mol. The molecule has 0 radical (unpaired) electrons. The van der Waals surface area contributed by atoms with E-state index < -0.39 is 5.97 Å². The number of carboxylic acid groups (broad SMARTS) is 1. The number of ether oxygens (including phenoxy) is 1. The molecule has 4 nitrogen and oxygen atoms in total. The van der Waals surface area contributed by atoms with Gasteiger partial charge in [0.1, 0.15) is 12.4 Å². The summed E-state index contributed by atoms with van der Waals surface area (Å²) < 4.78 is 5.97. The largest absolute Gasteiger partial charge is 0.488 e. The van der Waals surface area contributed by atoms with Gasteiger partial charge >= 0.3 is 5.97 Å². The predicted octanol–water partition coefficient (Wildman–Crippen LogP) is 4.44. The van der Waals surface area contributed by atoms with Gasteiger partial charge in [-0.2, -0.15) is 0 Å². The first-order valence-electron chi connectivity index (χ1n) is 9.15. The molecule has 0 unspecified atom stereocenters. The summed E-state index contributed by atoms with van der Waals surface area (Å²) in [5, 5.41) is 9.38. The quantitative estimate of drug-likeness (QED) is 0.836. The zero-order chi connectivity index (χ0) is 18.5. The van der Waals surface area contributed by atoms with Crippen molar-refractivity contribution < 1.29 is 14.6 Å². The van der Waals surface area contributed by atoms with E-state index in [4.69, 9.17) is 4.74 Å². The molecule has 3 rings (SSSR count). The molecule has 0 saturated carbocycles. The maximum Gasteiger partial charge on any atom is 0.335 e. The minimum Gasteiger partial charge on any atom is -0.488 e. The smallest absolute Gasteiger partial charge is 0.335 e. The average Bonchev–Trinajstić information content (AvgIpc) is 2.82. The highest BCUT2D eigenvalue weighted by atomic mass is 16.5. The van der Waals surface area contributed by atoms with Crippen LogP contribution >= 0.6 is 0 Å². The van der Waals surface area contributed by atoms with Crippen LogP contribution in [0.2, 0.25) is 0 Å². The highest BCUT2D eigenvalue weighted by molar-refractivity contribution is 5.92. The molecule has 1 aliphatic heterocycles. The maximum atomic E-state index is 11.4. The number of fused-ring (bicyclic) bond motifs is 2. The second kappa shape index (κ2) is 8.19. The van der Waals surface area contributed by atoms with E-state index in [1.807, 2.05) is 12.1 Å². The number of nitrogens with zero attached hydrogens (tertiary/aromatic N) is 1. The van der Waals surface area contributed by atoms with Gasteiger partial charge in [0.2, 0.25) is 0 Å². The Morgan fingerprint density at radius 3 is 2.65 bits per heavy atom. The summed E-state index contributed by atoms with van der Waals surface area (Å²) in [6.07, 6.45) is 3.12. The molecule has 0 aliphatic carbocycles. The molecule has 0 amide bonds. The molecule has 2 aromatic carbocycles. The Labute approximate surface area is 154 Å². The van der Waals surface area contributed by atoms with Gasteiger partial charge in [0.25, 0.3) is 0 Å². The van der Waals surface area contributed by atoms with E-state index in [2.05, 4.69) is 37.0 Å². The molecule has 1 N–H and O–H groups in total. The second-order valence-corrected chi connectivity index (χ2v) is 6.40. The first kappa shape index (κ1) is 18.2. The van der Waals surface area contributed by atoms with Crippen molar-refractivity contribution in [1.29, 1.82) is 0 Å². The van der Waals surface area contributed by atoms with Crippen LogP contribution in [-0.4, -0.2) is 35.6 Å². The molecule has 0 aromatic heterocycles. The van der Waals surface area contributed by atoms with E-state index in [1.54, 1.807) is 18.2 Å². The topological polar surface area (TPSA) is 49.8 Å². The molecule has 26 heavy (non-hydrogen) atoms. The number of carboxylic acids is 1. The van der Waals surface area contributed by atoms with Gasteiger partial charge in [-0.3, -0.25) is 0 Å². The normalized spacial score (nSPS) is 14.5. The lowest BCUT2D eigenvalue weighted by atomic mass is 9.92. The van der Waals surface area contributed by atoms with Gasteiger partial charge < -0.3 is 14.7 Å². The Hall–Kier alpha value is -2.59. The van der Waals surface area contributed by atoms with Crippen LogP contribution in [0.15, 0.2) is 48.5 Å². The van der Waals surface area contributed by atoms with Gasteiger partial charge in [-0.25, -0.2) is 4.79 Å². The van der Waals surface area contributed by atoms with E-state index in [9.17, 15) is 9.90 Å². The highest BCUT2D eigenvalue weighted by Gasteiger charge is 2.20. The Morgan fingerprint density at radius 1 is 1.15 bits per heavy atom. The van der Waals surface area contributed by atoms with E-state index in [0.717, 1.165) is 54.1 Å². The fraction of sp³-hybridized carbons (Fsp3) is 0.318. The van der Waals surface area contributed by atoms with Crippen molar-refractivity contribution in [3.05, 3.63) is 70.8 Å². The van der Waals surface area contributed by atoms with Crippen molar-refractivity contribution in [3.63, 3.8) is 0 Å². The zero-order valence-corrected chi connectivity index (χ0v) is 15.4. The number of aromatic carboxylic acids is 1. The fourth-order valence-electron chi connectivity index (χ4n) is 3.36. The van der Waals surface area contributed by atoms with Crippen LogP contribution in [0.25, 0.3) is 5.57 Å². The van der Waals surface area contributed by atoms with Gasteiger partial charge in [-0.1, -0.05) is 44.2 Å². The van der Waals surface area contributed by atoms with Crippen LogP contribution < -0.4 is 4.74 Å². The zero-order valence-electron chi connectivity index (χ0n) is 15.4. The summed E-state index contributed by atoms with van der Waals surface area (Å²) >= 11 is 0. The van der Waals surface area contributed by atoms with E-state index in [-0.39, 0.29) is 5.56 Å². The maximum absolute atomic E-state index is 11.4. The molecule has 0 fully saturated rings. The summed E-state index contributed by atoms with van der Waals surface area (Å²) in [4.78, 5) is 13.8. The summed E-state index contributed by atoms with van der Waals surface area (Å²) in [6.45, 7) is 7.86. The van der Waals surface area contributed by atoms with Crippen molar-refractivity contribution in [1.82, 2.24) is 4.90 Å². The third-order valence-electron chi connectivity index (χ3n) is 4.90. The SMILES string of the molecule is CCN(CC)CC/C=C1\c2ccccc2COc2ccc(C(=O)O)cc21. The lowest BCUT2D eigenvalue weighted by Gasteiger charge is -2.17. The number of carbonyl (C=O) groups is 1. The predicted molar refractivity (Wildman–Crippen MR) is 104 cm³/mol. The number of rotatable bonds is 6. The number of benzene rings is 2. The lowest BCUT2D eigenvalue weighted by Crippen LogP contribution is -2.23. The molecule has 2 aromatic rings. The molecule has 0 bridgehead atoms. The average molecular weight is 351 g/mol. The Morgan fingerprint density at radius 2 is 1.92 bits per heavy atom. The van der Waals surface area contributed by atoms with Crippen molar-refractivity contribution in [2.24, 2.45) is 0 Å². The summed E-state index contributed by atoms with van der Waals surface area (Å²) in [5.74, 6) is -0.187. The van der Waals surface area contributed by atoms with Crippen LogP contribution in [0.3, 0.4) is 0 Å². The number of hydrogen-bond donors (Lipinski definition) is 1. The van der Waals surface area contributed by atoms with Crippen LogP contribution in [0.5, 0.6) is 5.75 Å². The standard InChI is InChI=1S/C22H25NO3/c1-3-23(4-2)13-7-10-19-18-9-6-5-8-17(18)15-26-21-12-11-16(22(24)25)14-20(19)21/h5-6,8-12,14H,3-4,7,13,15H2,1-2H3,(H,24,25)/b19-10+. The molecule has 1 heterocycles. The van der Waals surface area contributed by atoms with Crippen molar-refractivity contribution in [2.45, 2.75) is 26.9 Å². The number of hydrogen-bond acceptors (Lipinski definition) is 3. The van der Waals surface area contributed by atoms with E-state index in [0.29, 0.717) is 6.61 Å². The van der Waals surface area contributed by atoms with E-state index in [1.165, 1.54) is 0 Å². The minimum absolute atomic E-state index is 0.279. The van der Waals surface area contributed by atoms with Crippen LogP contribution in [0.4, 0.5) is 0 Å². The molecular weight excluding hydrogens is 326 g/mol. The van der Waals surface area contributed by atoms with Gasteiger partial charge in [0, 0.05) is 12.1 Å². The Balaban J connectivity index is 2.05. The van der Waals surface area contributed by atoms with Crippen molar-refractivity contribution in [3.8, 4) is 5.75 Å². The van der Waals surface area contributed by atoms with Crippen LogP contribution in [0.1, 0.15) is 47.3 Å². The van der Waals surface area contributed by atoms with Crippen LogP contribution in [-0.2, 0) is 6.61 Å². The highest BCUT2D eigenvalue weighted by Crippen LogP contribution is 2.37.